The number of amidine groups is 1. The minimum absolute atomic E-state index is 0.122. The molecule has 0 aromatic heterocycles. The molecular weight excluding hydrogens is 452 g/mol. The molecule has 0 saturated carbocycles. The standard InChI is InChI=1S/C25H36N4O4S/c1-8-14-33-22-11-10-20(34(30,31)28-13-12-26-6)16-21(22)25(27-9-2)29-24-18(4)17(3)15-23(32-7)19(24)5/h9-11,15-16,26,28H,2,8,12-14H2,1,3-7H3,(H,27,29). The quantitative estimate of drug-likeness (QED) is 0.238. The molecule has 0 radical (unpaired) electrons. The van der Waals surface area contributed by atoms with E-state index >= 15 is 0 Å². The van der Waals surface area contributed by atoms with Gasteiger partial charge in [-0.25, -0.2) is 18.1 Å². The lowest BCUT2D eigenvalue weighted by molar-refractivity contribution is 0.316. The molecule has 0 saturated heterocycles. The summed E-state index contributed by atoms with van der Waals surface area (Å²) in [5.41, 5.74) is 4.35. The average molecular weight is 489 g/mol. The van der Waals surface area contributed by atoms with Gasteiger partial charge >= 0.3 is 0 Å². The third-order valence-electron chi connectivity index (χ3n) is 5.39. The first-order valence-electron chi connectivity index (χ1n) is 11.2. The molecule has 2 aromatic rings. The summed E-state index contributed by atoms with van der Waals surface area (Å²) < 4.78 is 39.8. The second-order valence-corrected chi connectivity index (χ2v) is 9.58. The second-order valence-electron chi connectivity index (χ2n) is 7.81. The van der Waals surface area contributed by atoms with E-state index in [-0.39, 0.29) is 11.4 Å². The van der Waals surface area contributed by atoms with Crippen molar-refractivity contribution < 1.29 is 17.9 Å². The molecule has 0 heterocycles. The number of sulfonamides is 1. The number of nitrogens with zero attached hydrogens (tertiary/aromatic N) is 1. The van der Waals surface area contributed by atoms with Crippen LogP contribution in [-0.4, -0.2) is 48.1 Å². The van der Waals surface area contributed by atoms with Crippen LogP contribution < -0.4 is 24.8 Å². The van der Waals surface area contributed by atoms with Crippen molar-refractivity contribution in [2.75, 3.05) is 39.2 Å². The molecule has 0 bridgehead atoms. The van der Waals surface area contributed by atoms with Crippen molar-refractivity contribution in [3.8, 4) is 11.5 Å². The van der Waals surface area contributed by atoms with E-state index in [0.29, 0.717) is 30.3 Å². The van der Waals surface area contributed by atoms with Crippen LogP contribution in [0.3, 0.4) is 0 Å². The molecule has 2 aromatic carbocycles. The molecule has 2 rings (SSSR count). The first-order valence-corrected chi connectivity index (χ1v) is 12.7. The minimum atomic E-state index is -3.72. The molecule has 34 heavy (non-hydrogen) atoms. The van der Waals surface area contributed by atoms with Crippen LogP contribution in [0.15, 0.2) is 46.9 Å². The molecule has 186 valence electrons. The van der Waals surface area contributed by atoms with E-state index in [1.807, 2.05) is 33.8 Å². The van der Waals surface area contributed by atoms with Crippen LogP contribution in [0.1, 0.15) is 35.6 Å². The zero-order valence-electron chi connectivity index (χ0n) is 20.9. The number of benzene rings is 2. The Kier molecular flexibility index (Phi) is 10.1. The molecule has 0 aliphatic rings. The van der Waals surface area contributed by atoms with Crippen molar-refractivity contribution in [2.45, 2.75) is 39.0 Å². The summed E-state index contributed by atoms with van der Waals surface area (Å²) >= 11 is 0. The van der Waals surface area contributed by atoms with Gasteiger partial charge in [0.15, 0.2) is 0 Å². The van der Waals surface area contributed by atoms with Crippen LogP contribution in [0, 0.1) is 20.8 Å². The number of anilines is 1. The van der Waals surface area contributed by atoms with Gasteiger partial charge in [0.2, 0.25) is 10.0 Å². The Morgan fingerprint density at radius 3 is 2.47 bits per heavy atom. The van der Waals surface area contributed by atoms with Gasteiger partial charge < -0.3 is 20.1 Å². The maximum Gasteiger partial charge on any atom is 0.240 e. The van der Waals surface area contributed by atoms with Crippen LogP contribution in [0.25, 0.3) is 0 Å². The van der Waals surface area contributed by atoms with E-state index in [1.54, 1.807) is 26.3 Å². The lowest BCUT2D eigenvalue weighted by atomic mass is 10.0. The smallest absolute Gasteiger partial charge is 0.240 e. The summed E-state index contributed by atoms with van der Waals surface area (Å²) in [7, 11) is -0.327. The van der Waals surface area contributed by atoms with Gasteiger partial charge in [0.1, 0.15) is 17.3 Å². The highest BCUT2D eigenvalue weighted by atomic mass is 32.2. The van der Waals surface area contributed by atoms with Gasteiger partial charge in [-0.15, -0.1) is 0 Å². The Morgan fingerprint density at radius 1 is 1.12 bits per heavy atom. The SMILES string of the molecule is C=CN=C(Nc1c(C)c(C)cc(OC)c1C)c1cc(S(=O)(=O)NCCNC)ccc1OCCC. The first-order chi connectivity index (χ1) is 16.2. The van der Waals surface area contributed by atoms with Crippen molar-refractivity contribution in [1.82, 2.24) is 10.0 Å². The fraction of sp³-hybridized carbons (Fsp3) is 0.400. The largest absolute Gasteiger partial charge is 0.496 e. The number of likely N-dealkylation sites (N-methyl/N-ethyl adjacent to an activating group) is 1. The van der Waals surface area contributed by atoms with E-state index in [2.05, 4.69) is 26.9 Å². The van der Waals surface area contributed by atoms with E-state index in [9.17, 15) is 8.42 Å². The summed E-state index contributed by atoms with van der Waals surface area (Å²) in [6, 6.07) is 6.75. The Morgan fingerprint density at radius 2 is 1.85 bits per heavy atom. The number of rotatable bonds is 12. The van der Waals surface area contributed by atoms with Crippen LogP contribution in [0.2, 0.25) is 0 Å². The summed E-state index contributed by atoms with van der Waals surface area (Å²) in [6.45, 7) is 13.0. The van der Waals surface area contributed by atoms with Gasteiger partial charge in [0, 0.05) is 30.5 Å². The molecule has 3 N–H and O–H groups in total. The van der Waals surface area contributed by atoms with Crippen molar-refractivity contribution in [3.63, 3.8) is 0 Å². The molecule has 0 atom stereocenters. The Balaban J connectivity index is 2.63. The Hall–Kier alpha value is -2.88. The van der Waals surface area contributed by atoms with E-state index < -0.39 is 10.0 Å². The molecule has 8 nitrogen and oxygen atoms in total. The maximum absolute atomic E-state index is 12.9. The molecule has 0 aliphatic carbocycles. The van der Waals surface area contributed by atoms with Crippen LogP contribution in [0.4, 0.5) is 5.69 Å². The first kappa shape index (κ1) is 27.4. The Bertz CT molecular complexity index is 1140. The van der Waals surface area contributed by atoms with E-state index in [0.717, 1.165) is 34.5 Å². The molecular formula is C25H36N4O4S. The van der Waals surface area contributed by atoms with Gasteiger partial charge in [-0.3, -0.25) is 0 Å². The lowest BCUT2D eigenvalue weighted by Crippen LogP contribution is -2.30. The van der Waals surface area contributed by atoms with Crippen LogP contribution in [-0.2, 0) is 10.0 Å². The van der Waals surface area contributed by atoms with E-state index in [1.165, 1.54) is 12.3 Å². The van der Waals surface area contributed by atoms with Gasteiger partial charge in [-0.05, 0) is 69.6 Å². The molecule has 0 unspecified atom stereocenters. The van der Waals surface area contributed by atoms with Crippen molar-refractivity contribution in [3.05, 3.63) is 59.3 Å². The zero-order chi connectivity index (χ0) is 25.3. The third-order valence-corrected chi connectivity index (χ3v) is 6.85. The number of hydrogen-bond acceptors (Lipinski definition) is 6. The summed E-state index contributed by atoms with van der Waals surface area (Å²) in [5, 5.41) is 6.31. The number of aliphatic imine (C=N–C) groups is 1. The van der Waals surface area contributed by atoms with Crippen molar-refractivity contribution >= 4 is 21.5 Å². The van der Waals surface area contributed by atoms with Gasteiger partial charge in [-0.2, -0.15) is 0 Å². The predicted molar refractivity (Wildman–Crippen MR) is 139 cm³/mol. The normalized spacial score (nSPS) is 11.9. The lowest BCUT2D eigenvalue weighted by Gasteiger charge is -2.20. The average Bonchev–Trinajstić information content (AvgIpc) is 2.82. The number of nitrogens with one attached hydrogen (secondary N) is 3. The van der Waals surface area contributed by atoms with Gasteiger partial charge in [-0.1, -0.05) is 13.5 Å². The van der Waals surface area contributed by atoms with Crippen molar-refractivity contribution in [2.24, 2.45) is 4.99 Å². The van der Waals surface area contributed by atoms with E-state index in [4.69, 9.17) is 9.47 Å². The monoisotopic (exact) mass is 488 g/mol. The molecule has 0 amide bonds. The highest BCUT2D eigenvalue weighted by Gasteiger charge is 2.21. The minimum Gasteiger partial charge on any atom is -0.496 e. The summed E-state index contributed by atoms with van der Waals surface area (Å²) in [4.78, 5) is 4.57. The molecule has 0 aliphatic heterocycles. The zero-order valence-corrected chi connectivity index (χ0v) is 21.7. The van der Waals surface area contributed by atoms with Crippen molar-refractivity contribution in [1.29, 1.82) is 0 Å². The number of methoxy groups -OCH3 is 1. The second kappa shape index (κ2) is 12.5. The molecule has 0 spiro atoms. The fourth-order valence-electron chi connectivity index (χ4n) is 3.39. The van der Waals surface area contributed by atoms with Crippen LogP contribution in [0.5, 0.6) is 11.5 Å². The Labute approximate surface area is 203 Å². The van der Waals surface area contributed by atoms with Crippen LogP contribution >= 0.6 is 0 Å². The number of hydrogen-bond donors (Lipinski definition) is 3. The molecule has 9 heteroatoms. The molecule has 0 fully saturated rings. The van der Waals surface area contributed by atoms with Gasteiger partial charge in [0.05, 0.1) is 24.2 Å². The summed E-state index contributed by atoms with van der Waals surface area (Å²) in [5.74, 6) is 1.70. The number of ether oxygens (including phenoxy) is 2. The highest BCUT2D eigenvalue weighted by Crippen LogP contribution is 2.33. The summed E-state index contributed by atoms with van der Waals surface area (Å²) in [6.07, 6.45) is 2.22. The topological polar surface area (TPSA) is 101 Å². The fourth-order valence-corrected chi connectivity index (χ4v) is 4.44. The van der Waals surface area contributed by atoms with Gasteiger partial charge in [0.25, 0.3) is 0 Å². The highest BCUT2D eigenvalue weighted by molar-refractivity contribution is 7.89. The predicted octanol–water partition coefficient (Wildman–Crippen LogP) is 3.91. The maximum atomic E-state index is 12.9. The number of aryl methyl sites for hydroxylation is 1. The third kappa shape index (κ3) is 6.59.